The van der Waals surface area contributed by atoms with Crippen LogP contribution in [0, 0.1) is 5.92 Å². The van der Waals surface area contributed by atoms with Gasteiger partial charge in [0.25, 0.3) is 0 Å². The summed E-state index contributed by atoms with van der Waals surface area (Å²) in [5.41, 5.74) is 3.24. The molecular formula is C15H31N5O2. The maximum atomic E-state index is 5.84. The van der Waals surface area contributed by atoms with Crippen LogP contribution >= 0.6 is 0 Å². The number of piperidine rings is 1. The van der Waals surface area contributed by atoms with E-state index >= 15 is 0 Å². The van der Waals surface area contributed by atoms with Crippen molar-refractivity contribution in [3.63, 3.8) is 0 Å². The summed E-state index contributed by atoms with van der Waals surface area (Å²) in [6, 6.07) is 0.495. The van der Waals surface area contributed by atoms with Crippen LogP contribution < -0.4 is 21.4 Å². The number of ether oxygens (including phenoxy) is 1. The molecule has 22 heavy (non-hydrogen) atoms. The first kappa shape index (κ1) is 16.6. The van der Waals surface area contributed by atoms with Gasteiger partial charge in [-0.3, -0.25) is 20.4 Å². The van der Waals surface area contributed by atoms with E-state index in [-0.39, 0.29) is 12.4 Å². The van der Waals surface area contributed by atoms with Crippen LogP contribution in [0.5, 0.6) is 0 Å². The van der Waals surface area contributed by atoms with Crippen molar-refractivity contribution < 1.29 is 9.57 Å². The Bertz CT molecular complexity index is 346. The molecule has 4 N–H and O–H groups in total. The molecule has 3 aliphatic heterocycles. The molecule has 0 aromatic rings. The minimum absolute atomic E-state index is 0.118. The highest BCUT2D eigenvalue weighted by molar-refractivity contribution is 4.90. The molecule has 3 aliphatic rings. The van der Waals surface area contributed by atoms with Crippen molar-refractivity contribution in [3.05, 3.63) is 0 Å². The standard InChI is InChI=1S/C15H31N5O2/c1-20-8-3-4-12(20)15-18-14(19-22-15)11-5-6-16-13(10-11)17-7-9-21-2/h11-19H,3-10H2,1-2H3/t11?,12-,13?,14?,15?/m0/s1. The second kappa shape index (κ2) is 8.01. The molecule has 0 saturated carbocycles. The number of nitrogens with zero attached hydrogens (tertiary/aromatic N) is 1. The smallest absolute Gasteiger partial charge is 0.146 e. The summed E-state index contributed by atoms with van der Waals surface area (Å²) in [6.07, 6.45) is 5.50. The molecule has 128 valence electrons. The maximum absolute atomic E-state index is 5.84. The van der Waals surface area contributed by atoms with Gasteiger partial charge in [-0.15, -0.1) is 0 Å². The predicted molar refractivity (Wildman–Crippen MR) is 85.0 cm³/mol. The average Bonchev–Trinajstić information content (AvgIpc) is 3.16. The van der Waals surface area contributed by atoms with E-state index in [0.717, 1.165) is 26.1 Å². The van der Waals surface area contributed by atoms with Gasteiger partial charge in [-0.25, -0.2) is 0 Å². The van der Waals surface area contributed by atoms with E-state index in [1.807, 2.05) is 0 Å². The fourth-order valence-electron chi connectivity index (χ4n) is 3.87. The van der Waals surface area contributed by atoms with Crippen LogP contribution in [-0.2, 0) is 9.57 Å². The lowest BCUT2D eigenvalue weighted by molar-refractivity contribution is -0.0194. The van der Waals surface area contributed by atoms with Gasteiger partial charge in [0.15, 0.2) is 0 Å². The van der Waals surface area contributed by atoms with Crippen LogP contribution in [0.2, 0.25) is 0 Å². The number of rotatable bonds is 6. The molecule has 0 aliphatic carbocycles. The van der Waals surface area contributed by atoms with Crippen molar-refractivity contribution in [2.24, 2.45) is 5.92 Å². The first-order valence-electron chi connectivity index (χ1n) is 8.61. The molecule has 0 aromatic carbocycles. The minimum atomic E-state index is 0.118. The van der Waals surface area contributed by atoms with E-state index in [1.165, 1.54) is 25.8 Å². The quantitative estimate of drug-likeness (QED) is 0.489. The number of methoxy groups -OCH3 is 1. The van der Waals surface area contributed by atoms with E-state index in [4.69, 9.17) is 9.57 Å². The molecule has 3 heterocycles. The highest BCUT2D eigenvalue weighted by atomic mass is 16.7. The molecule has 0 bridgehead atoms. The van der Waals surface area contributed by atoms with Crippen molar-refractivity contribution in [1.82, 2.24) is 26.3 Å². The monoisotopic (exact) mass is 313 g/mol. The number of hydrogen-bond donors (Lipinski definition) is 4. The van der Waals surface area contributed by atoms with Gasteiger partial charge in [-0.1, -0.05) is 0 Å². The number of hydroxylamine groups is 1. The fourth-order valence-corrected chi connectivity index (χ4v) is 3.87. The first-order valence-corrected chi connectivity index (χ1v) is 8.61. The van der Waals surface area contributed by atoms with Crippen molar-refractivity contribution in [2.45, 2.75) is 50.3 Å². The van der Waals surface area contributed by atoms with Gasteiger partial charge in [-0.05, 0) is 51.7 Å². The molecule has 4 unspecified atom stereocenters. The van der Waals surface area contributed by atoms with Gasteiger partial charge in [-0.2, -0.15) is 5.48 Å². The zero-order chi connectivity index (χ0) is 15.4. The van der Waals surface area contributed by atoms with Gasteiger partial charge < -0.3 is 10.1 Å². The topological polar surface area (TPSA) is 69.8 Å². The van der Waals surface area contributed by atoms with E-state index in [0.29, 0.717) is 18.1 Å². The Morgan fingerprint density at radius 2 is 2.27 bits per heavy atom. The van der Waals surface area contributed by atoms with Gasteiger partial charge in [0, 0.05) is 13.7 Å². The molecule has 3 fully saturated rings. The van der Waals surface area contributed by atoms with Gasteiger partial charge in [0.05, 0.1) is 25.0 Å². The third kappa shape index (κ3) is 3.97. The number of likely N-dealkylation sites (N-methyl/N-ethyl adjacent to an activating group) is 1. The van der Waals surface area contributed by atoms with Crippen LogP contribution in [0.1, 0.15) is 25.7 Å². The molecule has 5 atom stereocenters. The summed E-state index contributed by atoms with van der Waals surface area (Å²) in [4.78, 5) is 8.25. The Labute approximate surface area is 133 Å². The SMILES string of the molecule is COCCNC1CC(C2NOC([C@@H]3CCCN3C)N2)CCN1. The van der Waals surface area contributed by atoms with E-state index in [1.54, 1.807) is 7.11 Å². The number of likely N-dealkylation sites (tertiary alicyclic amines) is 1. The molecule has 0 aromatic heterocycles. The Hall–Kier alpha value is -0.280. The molecule has 0 amide bonds. The van der Waals surface area contributed by atoms with E-state index < -0.39 is 0 Å². The second-order valence-corrected chi connectivity index (χ2v) is 6.73. The van der Waals surface area contributed by atoms with Crippen molar-refractivity contribution in [1.29, 1.82) is 0 Å². The van der Waals surface area contributed by atoms with Gasteiger partial charge >= 0.3 is 0 Å². The molecule has 0 spiro atoms. The lowest BCUT2D eigenvalue weighted by Crippen LogP contribution is -2.54. The summed E-state index contributed by atoms with van der Waals surface area (Å²) in [5, 5.41) is 10.7. The van der Waals surface area contributed by atoms with Crippen LogP contribution in [-0.4, -0.2) is 69.9 Å². The predicted octanol–water partition coefficient (Wildman–Crippen LogP) is -0.581. The first-order chi connectivity index (χ1) is 10.8. The van der Waals surface area contributed by atoms with Crippen LogP contribution in [0.3, 0.4) is 0 Å². The molecule has 7 heteroatoms. The summed E-state index contributed by atoms with van der Waals surface area (Å²) in [5.74, 6) is 0.581. The second-order valence-electron chi connectivity index (χ2n) is 6.73. The zero-order valence-corrected chi connectivity index (χ0v) is 13.8. The van der Waals surface area contributed by atoms with E-state index in [9.17, 15) is 0 Å². The minimum Gasteiger partial charge on any atom is -0.383 e. The van der Waals surface area contributed by atoms with Crippen LogP contribution in [0.4, 0.5) is 0 Å². The lowest BCUT2D eigenvalue weighted by atomic mass is 9.92. The third-order valence-corrected chi connectivity index (χ3v) is 5.20. The molecule has 7 nitrogen and oxygen atoms in total. The zero-order valence-electron chi connectivity index (χ0n) is 13.8. The average molecular weight is 313 g/mol. The Morgan fingerprint density at radius 3 is 3.05 bits per heavy atom. The van der Waals surface area contributed by atoms with Gasteiger partial charge in [0.2, 0.25) is 0 Å². The highest BCUT2D eigenvalue weighted by Gasteiger charge is 2.39. The largest absolute Gasteiger partial charge is 0.383 e. The maximum Gasteiger partial charge on any atom is 0.146 e. The molecule has 3 saturated heterocycles. The number of nitrogens with one attached hydrogen (secondary N) is 4. The Balaban J connectivity index is 1.45. The number of hydrogen-bond acceptors (Lipinski definition) is 7. The van der Waals surface area contributed by atoms with Crippen LogP contribution in [0.25, 0.3) is 0 Å². The lowest BCUT2D eigenvalue weighted by Gasteiger charge is -2.34. The Morgan fingerprint density at radius 1 is 1.36 bits per heavy atom. The van der Waals surface area contributed by atoms with Crippen molar-refractivity contribution in [2.75, 3.05) is 40.4 Å². The van der Waals surface area contributed by atoms with Crippen molar-refractivity contribution >= 4 is 0 Å². The van der Waals surface area contributed by atoms with E-state index in [2.05, 4.69) is 33.4 Å². The molecule has 0 radical (unpaired) electrons. The van der Waals surface area contributed by atoms with Gasteiger partial charge in [0.1, 0.15) is 6.23 Å². The highest BCUT2D eigenvalue weighted by Crippen LogP contribution is 2.25. The summed E-state index contributed by atoms with van der Waals surface area (Å²) < 4.78 is 5.10. The molecular weight excluding hydrogens is 282 g/mol. The summed E-state index contributed by atoms with van der Waals surface area (Å²) in [7, 11) is 3.93. The third-order valence-electron chi connectivity index (χ3n) is 5.20. The fraction of sp³-hybridized carbons (Fsp3) is 1.00. The molecule has 3 rings (SSSR count). The van der Waals surface area contributed by atoms with Crippen LogP contribution in [0.15, 0.2) is 0 Å². The Kier molecular flexibility index (Phi) is 6.03. The van der Waals surface area contributed by atoms with Crippen molar-refractivity contribution in [3.8, 4) is 0 Å². The normalized spacial score (nSPS) is 40.4. The summed E-state index contributed by atoms with van der Waals surface area (Å²) in [6.45, 7) is 3.86. The summed E-state index contributed by atoms with van der Waals surface area (Å²) >= 11 is 0.